The summed E-state index contributed by atoms with van der Waals surface area (Å²) in [6.45, 7) is 0.644. The fourth-order valence-corrected chi connectivity index (χ4v) is 2.69. The highest BCUT2D eigenvalue weighted by Gasteiger charge is 2.41. The van der Waals surface area contributed by atoms with Gasteiger partial charge in [-0.05, 0) is 31.2 Å². The molecule has 0 saturated carbocycles. The highest BCUT2D eigenvalue weighted by molar-refractivity contribution is 6.22. The maximum Gasteiger partial charge on any atom is 0.329 e. The van der Waals surface area contributed by atoms with Crippen molar-refractivity contribution in [2.24, 2.45) is 0 Å². The quantitative estimate of drug-likeness (QED) is 0.467. The Morgan fingerprint density at radius 1 is 1.00 bits per heavy atom. The fraction of sp³-hybridized carbons (Fsp3) is 0.158. The fourth-order valence-electron chi connectivity index (χ4n) is 2.69. The number of carbonyl (C=O) groups is 4. The van der Waals surface area contributed by atoms with Gasteiger partial charge in [0.1, 0.15) is 11.9 Å². The molecule has 0 unspecified atom stereocenters. The first-order chi connectivity index (χ1) is 12.4. The predicted octanol–water partition coefficient (Wildman–Crippen LogP) is 2.24. The average molecular weight is 355 g/mol. The van der Waals surface area contributed by atoms with Crippen LogP contribution in [0.15, 0.2) is 48.5 Å². The minimum Gasteiger partial charge on any atom is -0.456 e. The normalized spacial score (nSPS) is 14.2. The second kappa shape index (κ2) is 6.87. The summed E-state index contributed by atoms with van der Waals surface area (Å²) in [6.07, 6.45) is 0. The van der Waals surface area contributed by atoms with Gasteiger partial charge in [-0.2, -0.15) is 0 Å². The van der Waals surface area contributed by atoms with E-state index in [1.54, 1.807) is 12.1 Å². The third-order valence-electron chi connectivity index (χ3n) is 4.07. The Bertz CT molecular complexity index is 889. The van der Waals surface area contributed by atoms with Crippen molar-refractivity contribution < 1.29 is 28.3 Å². The topological polar surface area (TPSA) is 80.8 Å². The minimum absolute atomic E-state index is 0.200. The molecule has 6 nitrogen and oxygen atoms in total. The van der Waals surface area contributed by atoms with E-state index in [4.69, 9.17) is 4.74 Å². The summed E-state index contributed by atoms with van der Waals surface area (Å²) < 4.78 is 18.4. The molecular weight excluding hydrogens is 341 g/mol. The number of rotatable bonds is 5. The zero-order valence-corrected chi connectivity index (χ0v) is 13.8. The predicted molar refractivity (Wildman–Crippen MR) is 88.1 cm³/mol. The number of halogens is 1. The number of carbonyl (C=O) groups excluding carboxylic acids is 4. The monoisotopic (exact) mass is 355 g/mol. The zero-order chi connectivity index (χ0) is 18.8. The third kappa shape index (κ3) is 2.99. The molecule has 3 rings (SSSR count). The van der Waals surface area contributed by atoms with Gasteiger partial charge in [0.2, 0.25) is 5.78 Å². The van der Waals surface area contributed by atoms with Crippen molar-refractivity contribution in [3.63, 3.8) is 0 Å². The lowest BCUT2D eigenvalue weighted by Gasteiger charge is -2.20. The summed E-state index contributed by atoms with van der Waals surface area (Å²) in [5.41, 5.74) is 0.216. The van der Waals surface area contributed by atoms with Gasteiger partial charge in [0, 0.05) is 0 Å². The number of esters is 1. The number of hydrogen-bond donors (Lipinski definition) is 0. The van der Waals surface area contributed by atoms with E-state index in [1.165, 1.54) is 37.3 Å². The third-order valence-corrected chi connectivity index (χ3v) is 4.07. The molecule has 2 aromatic rings. The van der Waals surface area contributed by atoms with Gasteiger partial charge in [-0.15, -0.1) is 0 Å². The number of nitrogens with zero attached hydrogens (tertiary/aromatic N) is 1. The summed E-state index contributed by atoms with van der Waals surface area (Å²) in [5, 5.41) is 0. The number of imide groups is 1. The molecule has 1 atom stereocenters. The Balaban J connectivity index is 1.68. The van der Waals surface area contributed by atoms with E-state index in [0.29, 0.717) is 0 Å². The molecule has 0 bridgehead atoms. The van der Waals surface area contributed by atoms with Crippen LogP contribution in [-0.4, -0.2) is 41.1 Å². The van der Waals surface area contributed by atoms with E-state index in [2.05, 4.69) is 0 Å². The number of Topliss-reactive ketones (excluding diaryl/α,β-unsaturated/α-hetero) is 1. The first-order valence-electron chi connectivity index (χ1n) is 7.83. The van der Waals surface area contributed by atoms with E-state index in [1.807, 2.05) is 0 Å². The molecule has 1 aliphatic heterocycles. The van der Waals surface area contributed by atoms with E-state index in [0.717, 1.165) is 11.0 Å². The molecule has 0 aromatic heterocycles. The molecule has 7 heteroatoms. The van der Waals surface area contributed by atoms with Crippen molar-refractivity contribution in [1.82, 2.24) is 4.90 Å². The first-order valence-corrected chi connectivity index (χ1v) is 7.83. The van der Waals surface area contributed by atoms with Crippen LogP contribution in [0.5, 0.6) is 0 Å². The van der Waals surface area contributed by atoms with Gasteiger partial charge in [0.15, 0.2) is 6.61 Å². The van der Waals surface area contributed by atoms with Gasteiger partial charge in [-0.1, -0.05) is 24.3 Å². The zero-order valence-electron chi connectivity index (χ0n) is 13.8. The van der Waals surface area contributed by atoms with Crippen LogP contribution >= 0.6 is 0 Å². The van der Waals surface area contributed by atoms with Gasteiger partial charge < -0.3 is 4.74 Å². The molecular formula is C19H14FNO5. The van der Waals surface area contributed by atoms with Crippen LogP contribution in [0.25, 0.3) is 0 Å². The largest absolute Gasteiger partial charge is 0.456 e. The molecule has 2 aromatic carbocycles. The van der Waals surface area contributed by atoms with Gasteiger partial charge in [-0.3, -0.25) is 19.3 Å². The number of ketones is 1. The van der Waals surface area contributed by atoms with Crippen molar-refractivity contribution in [3.05, 3.63) is 71.0 Å². The van der Waals surface area contributed by atoms with Crippen LogP contribution in [0.4, 0.5) is 4.39 Å². The SMILES string of the molecule is C[C@@H](C(=O)OCC(=O)c1ccccc1F)N1C(=O)c2ccccc2C1=O. The summed E-state index contributed by atoms with van der Waals surface area (Å²) in [5.74, 6) is -3.57. The minimum atomic E-state index is -1.21. The molecule has 0 fully saturated rings. The smallest absolute Gasteiger partial charge is 0.329 e. The lowest BCUT2D eigenvalue weighted by Crippen LogP contribution is -2.44. The van der Waals surface area contributed by atoms with Crippen LogP contribution in [0, 0.1) is 5.82 Å². The summed E-state index contributed by atoms with van der Waals surface area (Å²) >= 11 is 0. The van der Waals surface area contributed by atoms with Crippen LogP contribution in [-0.2, 0) is 9.53 Å². The second-order valence-corrected chi connectivity index (χ2v) is 5.71. The number of benzene rings is 2. The molecule has 0 radical (unpaired) electrons. The standard InChI is InChI=1S/C19H14FNO5/c1-11(21-17(23)12-6-2-3-7-13(12)18(21)24)19(25)26-10-16(22)14-8-4-5-9-15(14)20/h2-9,11H,10H2,1H3/t11-/m0/s1. The van der Waals surface area contributed by atoms with Crippen molar-refractivity contribution in [3.8, 4) is 0 Å². The van der Waals surface area contributed by atoms with E-state index in [-0.39, 0.29) is 16.7 Å². The van der Waals surface area contributed by atoms with Crippen LogP contribution < -0.4 is 0 Å². The lowest BCUT2D eigenvalue weighted by atomic mass is 10.1. The van der Waals surface area contributed by atoms with Crippen molar-refractivity contribution in [2.45, 2.75) is 13.0 Å². The molecule has 0 aliphatic carbocycles. The maximum atomic E-state index is 13.6. The number of ether oxygens (including phenoxy) is 1. The first kappa shape index (κ1) is 17.5. The van der Waals surface area contributed by atoms with Crippen LogP contribution in [0.3, 0.4) is 0 Å². The van der Waals surface area contributed by atoms with Gasteiger partial charge in [0.05, 0.1) is 16.7 Å². The number of hydrogen-bond acceptors (Lipinski definition) is 5. The molecule has 2 amide bonds. The Morgan fingerprint density at radius 3 is 2.12 bits per heavy atom. The Hall–Kier alpha value is -3.35. The summed E-state index contributed by atoms with van der Waals surface area (Å²) in [7, 11) is 0. The van der Waals surface area contributed by atoms with E-state index >= 15 is 0 Å². The highest BCUT2D eigenvalue weighted by atomic mass is 19.1. The molecule has 0 saturated heterocycles. The van der Waals surface area contributed by atoms with E-state index < -0.39 is 42.0 Å². The van der Waals surface area contributed by atoms with Gasteiger partial charge in [-0.25, -0.2) is 9.18 Å². The van der Waals surface area contributed by atoms with Crippen molar-refractivity contribution in [1.29, 1.82) is 0 Å². The molecule has 0 spiro atoms. The van der Waals surface area contributed by atoms with Gasteiger partial charge >= 0.3 is 5.97 Å². The Kier molecular flexibility index (Phi) is 4.62. The molecule has 26 heavy (non-hydrogen) atoms. The van der Waals surface area contributed by atoms with Crippen LogP contribution in [0.2, 0.25) is 0 Å². The average Bonchev–Trinajstić information content (AvgIpc) is 2.90. The molecule has 1 heterocycles. The van der Waals surface area contributed by atoms with Crippen LogP contribution in [0.1, 0.15) is 38.0 Å². The molecule has 1 aliphatic rings. The van der Waals surface area contributed by atoms with Crippen molar-refractivity contribution >= 4 is 23.6 Å². The highest BCUT2D eigenvalue weighted by Crippen LogP contribution is 2.24. The number of fused-ring (bicyclic) bond motifs is 1. The maximum absolute atomic E-state index is 13.6. The Labute approximate surface area is 148 Å². The van der Waals surface area contributed by atoms with Crippen molar-refractivity contribution in [2.75, 3.05) is 6.61 Å². The Morgan fingerprint density at radius 2 is 1.54 bits per heavy atom. The van der Waals surface area contributed by atoms with E-state index in [9.17, 15) is 23.6 Å². The second-order valence-electron chi connectivity index (χ2n) is 5.71. The molecule has 0 N–H and O–H groups in total. The summed E-state index contributed by atoms with van der Waals surface area (Å²) in [6, 6.07) is 10.3. The van der Waals surface area contributed by atoms with Gasteiger partial charge in [0.25, 0.3) is 11.8 Å². The number of amides is 2. The summed E-state index contributed by atoms with van der Waals surface area (Å²) in [4.78, 5) is 49.6. The lowest BCUT2D eigenvalue weighted by molar-refractivity contribution is -0.146. The molecule has 132 valence electrons.